The van der Waals surface area contributed by atoms with Crippen LogP contribution < -0.4 is 14.8 Å². The van der Waals surface area contributed by atoms with Gasteiger partial charge in [0.25, 0.3) is 0 Å². The van der Waals surface area contributed by atoms with Crippen LogP contribution in [0, 0.1) is 5.92 Å². The van der Waals surface area contributed by atoms with Crippen LogP contribution in [0.3, 0.4) is 0 Å². The van der Waals surface area contributed by atoms with E-state index in [2.05, 4.69) is 5.32 Å². The number of nitrogens with zero attached hydrogens (tertiary/aromatic N) is 1. The number of nitrogens with one attached hydrogen (secondary N) is 1. The number of amides is 2. The van der Waals surface area contributed by atoms with Crippen molar-refractivity contribution in [3.8, 4) is 11.5 Å². The Morgan fingerprint density at radius 1 is 1.15 bits per heavy atom. The van der Waals surface area contributed by atoms with Gasteiger partial charge in [0.15, 0.2) is 11.5 Å². The van der Waals surface area contributed by atoms with E-state index in [1.165, 1.54) is 0 Å². The molecule has 0 aromatic heterocycles. The first-order valence-electron chi connectivity index (χ1n) is 8.82. The largest absolute Gasteiger partial charge is 0.486 e. The SMILES string of the molecule is O=C(Nc1ccc2c(c1)OCCO2)[C@H]1CC(=O)N(Cc2ccccc2Cl)C1. The van der Waals surface area contributed by atoms with E-state index in [9.17, 15) is 9.59 Å². The number of fused-ring (bicyclic) bond motifs is 1. The van der Waals surface area contributed by atoms with Crippen molar-refractivity contribution in [3.63, 3.8) is 0 Å². The smallest absolute Gasteiger partial charge is 0.229 e. The van der Waals surface area contributed by atoms with Crippen molar-refractivity contribution in [3.05, 3.63) is 53.1 Å². The predicted molar refractivity (Wildman–Crippen MR) is 101 cm³/mol. The molecule has 0 radical (unpaired) electrons. The van der Waals surface area contributed by atoms with Crippen molar-refractivity contribution in [2.24, 2.45) is 5.92 Å². The maximum atomic E-state index is 12.6. The normalized spacial score (nSPS) is 18.5. The van der Waals surface area contributed by atoms with Crippen LogP contribution in [0.5, 0.6) is 11.5 Å². The standard InChI is InChI=1S/C20H19ClN2O4/c21-16-4-2-1-3-13(16)11-23-12-14(9-19(23)24)20(25)22-15-5-6-17-18(10-15)27-8-7-26-17/h1-6,10,14H,7-9,11-12H2,(H,22,25)/t14-/m0/s1. The monoisotopic (exact) mass is 386 g/mol. The summed E-state index contributed by atoms with van der Waals surface area (Å²) in [4.78, 5) is 26.6. The minimum Gasteiger partial charge on any atom is -0.486 e. The molecule has 140 valence electrons. The molecule has 2 aliphatic rings. The lowest BCUT2D eigenvalue weighted by molar-refractivity contribution is -0.128. The molecule has 2 heterocycles. The summed E-state index contributed by atoms with van der Waals surface area (Å²) in [5, 5.41) is 3.49. The molecule has 1 fully saturated rings. The first-order valence-corrected chi connectivity index (χ1v) is 9.19. The van der Waals surface area contributed by atoms with Crippen molar-refractivity contribution in [2.75, 3.05) is 25.1 Å². The van der Waals surface area contributed by atoms with Gasteiger partial charge in [-0.05, 0) is 23.8 Å². The van der Waals surface area contributed by atoms with Crippen molar-refractivity contribution < 1.29 is 19.1 Å². The Bertz CT molecular complexity index is 886. The summed E-state index contributed by atoms with van der Waals surface area (Å²) in [7, 11) is 0. The van der Waals surface area contributed by atoms with E-state index in [0.717, 1.165) is 5.56 Å². The van der Waals surface area contributed by atoms with Crippen molar-refractivity contribution >= 4 is 29.1 Å². The molecule has 0 aliphatic carbocycles. The number of carbonyl (C=O) groups is 2. The Balaban J connectivity index is 1.40. The maximum absolute atomic E-state index is 12.6. The van der Waals surface area contributed by atoms with Gasteiger partial charge >= 0.3 is 0 Å². The Hall–Kier alpha value is -2.73. The number of halogens is 1. The molecule has 0 bridgehead atoms. The van der Waals surface area contributed by atoms with Gasteiger partial charge in [0.2, 0.25) is 11.8 Å². The third-order valence-corrected chi connectivity index (χ3v) is 5.08. The number of hydrogen-bond acceptors (Lipinski definition) is 4. The first kappa shape index (κ1) is 17.7. The van der Waals surface area contributed by atoms with Crippen molar-refractivity contribution in [1.82, 2.24) is 4.90 Å². The maximum Gasteiger partial charge on any atom is 0.229 e. The lowest BCUT2D eigenvalue weighted by Gasteiger charge is -2.19. The second kappa shape index (κ2) is 7.48. The second-order valence-corrected chi connectivity index (χ2v) is 7.02. The Morgan fingerprint density at radius 2 is 1.93 bits per heavy atom. The molecule has 27 heavy (non-hydrogen) atoms. The van der Waals surface area contributed by atoms with Gasteiger partial charge in [0.1, 0.15) is 13.2 Å². The molecule has 2 aliphatic heterocycles. The fourth-order valence-corrected chi connectivity index (χ4v) is 3.49. The van der Waals surface area contributed by atoms with E-state index in [4.69, 9.17) is 21.1 Å². The van der Waals surface area contributed by atoms with Gasteiger partial charge in [0, 0.05) is 36.3 Å². The average molecular weight is 387 g/mol. The Kier molecular flexibility index (Phi) is 4.90. The zero-order chi connectivity index (χ0) is 18.8. The van der Waals surface area contributed by atoms with Crippen LogP contribution in [0.1, 0.15) is 12.0 Å². The van der Waals surface area contributed by atoms with Gasteiger partial charge < -0.3 is 19.7 Å². The van der Waals surface area contributed by atoms with E-state index in [1.54, 1.807) is 29.2 Å². The van der Waals surface area contributed by atoms with E-state index in [-0.39, 0.29) is 18.2 Å². The molecule has 4 rings (SSSR count). The number of carbonyl (C=O) groups excluding carboxylic acids is 2. The van der Waals surface area contributed by atoms with Crippen LogP contribution in [0.4, 0.5) is 5.69 Å². The summed E-state index contributed by atoms with van der Waals surface area (Å²) in [6.07, 6.45) is 0.195. The van der Waals surface area contributed by atoms with E-state index in [0.29, 0.717) is 48.5 Å². The third-order valence-electron chi connectivity index (χ3n) is 4.71. The molecular formula is C20H19ClN2O4. The molecule has 1 atom stereocenters. The highest BCUT2D eigenvalue weighted by molar-refractivity contribution is 6.31. The first-order chi connectivity index (χ1) is 13.1. The molecule has 0 unspecified atom stereocenters. The Labute approximate surface area is 162 Å². The van der Waals surface area contributed by atoms with Crippen LogP contribution in [0.25, 0.3) is 0 Å². The van der Waals surface area contributed by atoms with Crippen LogP contribution in [-0.2, 0) is 16.1 Å². The number of ether oxygens (including phenoxy) is 2. The molecule has 2 aromatic carbocycles. The number of hydrogen-bond donors (Lipinski definition) is 1. The molecule has 0 spiro atoms. The second-order valence-electron chi connectivity index (χ2n) is 6.61. The highest BCUT2D eigenvalue weighted by atomic mass is 35.5. The number of anilines is 1. The summed E-state index contributed by atoms with van der Waals surface area (Å²) in [5.74, 6) is 0.662. The third kappa shape index (κ3) is 3.85. The highest BCUT2D eigenvalue weighted by Gasteiger charge is 2.34. The topological polar surface area (TPSA) is 67.9 Å². The zero-order valence-corrected chi connectivity index (χ0v) is 15.4. The molecule has 6 nitrogen and oxygen atoms in total. The molecule has 7 heteroatoms. The summed E-state index contributed by atoms with van der Waals surface area (Å²) in [6, 6.07) is 12.7. The molecule has 2 amide bonds. The van der Waals surface area contributed by atoms with Crippen LogP contribution >= 0.6 is 11.6 Å². The van der Waals surface area contributed by atoms with Gasteiger partial charge in [-0.3, -0.25) is 9.59 Å². The zero-order valence-electron chi connectivity index (χ0n) is 14.6. The van der Waals surface area contributed by atoms with Gasteiger partial charge in [-0.25, -0.2) is 0 Å². The minimum atomic E-state index is -0.395. The van der Waals surface area contributed by atoms with E-state index < -0.39 is 5.92 Å². The number of rotatable bonds is 4. The molecule has 1 saturated heterocycles. The summed E-state index contributed by atoms with van der Waals surface area (Å²) < 4.78 is 11.0. The molecule has 1 N–H and O–H groups in total. The highest BCUT2D eigenvalue weighted by Crippen LogP contribution is 2.33. The van der Waals surface area contributed by atoms with Gasteiger partial charge in [-0.2, -0.15) is 0 Å². The van der Waals surface area contributed by atoms with Crippen molar-refractivity contribution in [2.45, 2.75) is 13.0 Å². The van der Waals surface area contributed by atoms with Crippen molar-refractivity contribution in [1.29, 1.82) is 0 Å². The van der Waals surface area contributed by atoms with Gasteiger partial charge in [-0.1, -0.05) is 29.8 Å². The summed E-state index contributed by atoms with van der Waals surface area (Å²) >= 11 is 6.18. The molecule has 2 aromatic rings. The van der Waals surface area contributed by atoms with E-state index >= 15 is 0 Å². The minimum absolute atomic E-state index is 0.0442. The van der Waals surface area contributed by atoms with E-state index in [1.807, 2.05) is 18.2 Å². The van der Waals surface area contributed by atoms with Gasteiger partial charge in [-0.15, -0.1) is 0 Å². The molecular weight excluding hydrogens is 368 g/mol. The Morgan fingerprint density at radius 3 is 2.74 bits per heavy atom. The fourth-order valence-electron chi connectivity index (χ4n) is 3.30. The lowest BCUT2D eigenvalue weighted by Crippen LogP contribution is -2.28. The average Bonchev–Trinajstić information content (AvgIpc) is 3.04. The fraction of sp³-hybridized carbons (Fsp3) is 0.300. The van der Waals surface area contributed by atoms with Crippen LogP contribution in [0.15, 0.2) is 42.5 Å². The molecule has 0 saturated carbocycles. The summed E-state index contributed by atoms with van der Waals surface area (Å²) in [6.45, 7) is 1.79. The lowest BCUT2D eigenvalue weighted by atomic mass is 10.1. The predicted octanol–water partition coefficient (Wildman–Crippen LogP) is 3.10. The quantitative estimate of drug-likeness (QED) is 0.876. The van der Waals surface area contributed by atoms with Crippen LogP contribution in [0.2, 0.25) is 5.02 Å². The van der Waals surface area contributed by atoms with Gasteiger partial charge in [0.05, 0.1) is 5.92 Å². The number of benzene rings is 2. The summed E-state index contributed by atoms with van der Waals surface area (Å²) in [5.41, 5.74) is 1.50. The van der Waals surface area contributed by atoms with Crippen LogP contribution in [-0.4, -0.2) is 36.5 Å². The number of likely N-dealkylation sites (tertiary alicyclic amines) is 1.